The van der Waals surface area contributed by atoms with Gasteiger partial charge in [0.05, 0.1) is 6.61 Å². The lowest BCUT2D eigenvalue weighted by molar-refractivity contribution is 0.0185. The number of alkyl carbamates (subject to hydrolysis) is 1. The highest BCUT2D eigenvalue weighted by Gasteiger charge is 2.18. The SMILES string of the molecule is CC(C)C(CNCCOCC(F)F)CNC(=O)OC(C)(C)C. The Labute approximate surface area is 132 Å². The molecule has 5 nitrogen and oxygen atoms in total. The van der Waals surface area contributed by atoms with Gasteiger partial charge in [-0.3, -0.25) is 0 Å². The lowest BCUT2D eigenvalue weighted by Crippen LogP contribution is -2.40. The monoisotopic (exact) mass is 324 g/mol. The van der Waals surface area contributed by atoms with Gasteiger partial charge in [0, 0.05) is 13.1 Å². The highest BCUT2D eigenvalue weighted by atomic mass is 19.3. The van der Waals surface area contributed by atoms with Gasteiger partial charge in [-0.15, -0.1) is 0 Å². The van der Waals surface area contributed by atoms with E-state index in [1.807, 2.05) is 20.8 Å². The highest BCUT2D eigenvalue weighted by molar-refractivity contribution is 5.67. The molecular weight excluding hydrogens is 294 g/mol. The first-order chi connectivity index (χ1) is 10.1. The lowest BCUT2D eigenvalue weighted by Gasteiger charge is -2.24. The second-order valence-corrected chi connectivity index (χ2v) is 6.56. The summed E-state index contributed by atoms with van der Waals surface area (Å²) >= 11 is 0. The number of amides is 1. The van der Waals surface area contributed by atoms with Gasteiger partial charge < -0.3 is 20.1 Å². The zero-order chi connectivity index (χ0) is 17.2. The first-order valence-corrected chi connectivity index (χ1v) is 7.65. The quantitative estimate of drug-likeness (QED) is 0.607. The van der Waals surface area contributed by atoms with Gasteiger partial charge in [0.25, 0.3) is 6.43 Å². The van der Waals surface area contributed by atoms with Crippen molar-refractivity contribution in [2.45, 2.75) is 46.6 Å². The van der Waals surface area contributed by atoms with Crippen LogP contribution < -0.4 is 10.6 Å². The molecule has 0 saturated heterocycles. The molecule has 0 radical (unpaired) electrons. The maximum absolute atomic E-state index is 11.9. The number of nitrogens with one attached hydrogen (secondary N) is 2. The van der Waals surface area contributed by atoms with E-state index in [4.69, 9.17) is 9.47 Å². The third-order valence-corrected chi connectivity index (χ3v) is 2.92. The molecule has 0 rings (SSSR count). The zero-order valence-corrected chi connectivity index (χ0v) is 14.2. The lowest BCUT2D eigenvalue weighted by atomic mass is 9.96. The molecule has 132 valence electrons. The van der Waals surface area contributed by atoms with Crippen LogP contribution in [0.2, 0.25) is 0 Å². The number of hydrogen-bond acceptors (Lipinski definition) is 4. The molecule has 0 aliphatic heterocycles. The maximum Gasteiger partial charge on any atom is 0.407 e. The van der Waals surface area contributed by atoms with Crippen LogP contribution in [0.3, 0.4) is 0 Å². The van der Waals surface area contributed by atoms with Crippen molar-refractivity contribution >= 4 is 6.09 Å². The van der Waals surface area contributed by atoms with Crippen molar-refractivity contribution in [3.63, 3.8) is 0 Å². The van der Waals surface area contributed by atoms with Gasteiger partial charge >= 0.3 is 6.09 Å². The fourth-order valence-corrected chi connectivity index (χ4v) is 1.68. The van der Waals surface area contributed by atoms with E-state index in [0.29, 0.717) is 25.6 Å². The summed E-state index contributed by atoms with van der Waals surface area (Å²) in [6, 6.07) is 0. The molecule has 0 spiro atoms. The van der Waals surface area contributed by atoms with E-state index in [0.717, 1.165) is 0 Å². The van der Waals surface area contributed by atoms with E-state index >= 15 is 0 Å². The minimum Gasteiger partial charge on any atom is -0.444 e. The number of halogens is 2. The molecule has 0 heterocycles. The molecular formula is C15H30F2N2O3. The number of carbonyl (C=O) groups is 1. The van der Waals surface area contributed by atoms with Gasteiger partial charge in [-0.05, 0) is 39.2 Å². The molecule has 0 aliphatic carbocycles. The summed E-state index contributed by atoms with van der Waals surface area (Å²) in [5.74, 6) is 0.590. The van der Waals surface area contributed by atoms with Crippen molar-refractivity contribution in [1.82, 2.24) is 10.6 Å². The molecule has 0 bridgehead atoms. The molecule has 1 atom stereocenters. The van der Waals surface area contributed by atoms with E-state index in [1.165, 1.54) is 0 Å². The van der Waals surface area contributed by atoms with Gasteiger partial charge in [-0.1, -0.05) is 13.8 Å². The minimum atomic E-state index is -2.43. The van der Waals surface area contributed by atoms with Crippen LogP contribution in [0.5, 0.6) is 0 Å². The summed E-state index contributed by atoms with van der Waals surface area (Å²) in [7, 11) is 0. The largest absolute Gasteiger partial charge is 0.444 e. The molecule has 1 unspecified atom stereocenters. The predicted molar refractivity (Wildman–Crippen MR) is 82.3 cm³/mol. The van der Waals surface area contributed by atoms with Crippen molar-refractivity contribution < 1.29 is 23.0 Å². The maximum atomic E-state index is 11.9. The summed E-state index contributed by atoms with van der Waals surface area (Å²) in [4.78, 5) is 11.6. The number of ether oxygens (including phenoxy) is 2. The highest BCUT2D eigenvalue weighted by Crippen LogP contribution is 2.10. The van der Waals surface area contributed by atoms with Crippen LogP contribution in [0.4, 0.5) is 13.6 Å². The third-order valence-electron chi connectivity index (χ3n) is 2.92. The van der Waals surface area contributed by atoms with Crippen LogP contribution in [-0.4, -0.2) is 51.0 Å². The topological polar surface area (TPSA) is 59.6 Å². The fraction of sp³-hybridized carbons (Fsp3) is 0.933. The van der Waals surface area contributed by atoms with Crippen molar-refractivity contribution in [2.24, 2.45) is 11.8 Å². The Hall–Kier alpha value is -0.950. The predicted octanol–water partition coefficient (Wildman–Crippen LogP) is 2.65. The molecule has 0 aromatic heterocycles. The van der Waals surface area contributed by atoms with Crippen LogP contribution in [0.15, 0.2) is 0 Å². The number of carbonyl (C=O) groups excluding carboxylic acids is 1. The van der Waals surface area contributed by atoms with Gasteiger partial charge in [0.2, 0.25) is 0 Å². The standard InChI is InChI=1S/C15H30F2N2O3/c1-11(2)12(8-18-6-7-21-10-13(16)17)9-19-14(20)22-15(3,4)5/h11-13,18H,6-10H2,1-5H3,(H,19,20). The Balaban J connectivity index is 3.90. The third kappa shape index (κ3) is 12.8. The van der Waals surface area contributed by atoms with E-state index in [2.05, 4.69) is 24.5 Å². The van der Waals surface area contributed by atoms with E-state index in [9.17, 15) is 13.6 Å². The molecule has 0 saturated carbocycles. The molecule has 22 heavy (non-hydrogen) atoms. The molecule has 7 heteroatoms. The van der Waals surface area contributed by atoms with Crippen LogP contribution in [-0.2, 0) is 9.47 Å². The average molecular weight is 324 g/mol. The average Bonchev–Trinajstić information content (AvgIpc) is 2.33. The number of hydrogen-bond donors (Lipinski definition) is 2. The van der Waals surface area contributed by atoms with Crippen LogP contribution >= 0.6 is 0 Å². The summed E-state index contributed by atoms with van der Waals surface area (Å²) in [6.45, 7) is 11.0. The van der Waals surface area contributed by atoms with E-state index in [1.54, 1.807) is 0 Å². The molecule has 2 N–H and O–H groups in total. The van der Waals surface area contributed by atoms with Crippen molar-refractivity contribution in [3.8, 4) is 0 Å². The van der Waals surface area contributed by atoms with Crippen molar-refractivity contribution in [3.05, 3.63) is 0 Å². The summed E-state index contributed by atoms with van der Waals surface area (Å²) in [6.07, 6.45) is -2.86. The molecule has 0 aromatic rings. The van der Waals surface area contributed by atoms with Gasteiger partial charge in [-0.2, -0.15) is 0 Å². The molecule has 0 fully saturated rings. The second kappa shape index (κ2) is 10.7. The zero-order valence-electron chi connectivity index (χ0n) is 14.2. The molecule has 0 aromatic carbocycles. The van der Waals surface area contributed by atoms with Crippen LogP contribution in [0.1, 0.15) is 34.6 Å². The minimum absolute atomic E-state index is 0.225. The number of rotatable bonds is 10. The van der Waals surface area contributed by atoms with Crippen LogP contribution in [0.25, 0.3) is 0 Å². The van der Waals surface area contributed by atoms with Gasteiger partial charge in [-0.25, -0.2) is 13.6 Å². The Morgan fingerprint density at radius 2 is 1.82 bits per heavy atom. The Bertz CT molecular complexity index is 308. The molecule has 1 amide bonds. The number of alkyl halides is 2. The van der Waals surface area contributed by atoms with Gasteiger partial charge in [0.15, 0.2) is 0 Å². The second-order valence-electron chi connectivity index (χ2n) is 6.56. The Morgan fingerprint density at radius 1 is 1.18 bits per heavy atom. The first kappa shape index (κ1) is 21.0. The summed E-state index contributed by atoms with van der Waals surface area (Å²) in [5.41, 5.74) is -0.516. The summed E-state index contributed by atoms with van der Waals surface area (Å²) in [5, 5.41) is 5.91. The Morgan fingerprint density at radius 3 is 2.32 bits per heavy atom. The first-order valence-electron chi connectivity index (χ1n) is 7.65. The summed E-state index contributed by atoms with van der Waals surface area (Å²) < 4.78 is 33.7. The van der Waals surface area contributed by atoms with Gasteiger partial charge in [0.1, 0.15) is 12.2 Å². The Kier molecular flexibility index (Phi) is 10.3. The van der Waals surface area contributed by atoms with E-state index < -0.39 is 24.7 Å². The van der Waals surface area contributed by atoms with E-state index in [-0.39, 0.29) is 12.5 Å². The van der Waals surface area contributed by atoms with Crippen molar-refractivity contribution in [2.75, 3.05) is 32.8 Å². The normalized spacial score (nSPS) is 13.5. The smallest absolute Gasteiger partial charge is 0.407 e. The molecule has 0 aliphatic rings. The van der Waals surface area contributed by atoms with Crippen LogP contribution in [0, 0.1) is 11.8 Å². The van der Waals surface area contributed by atoms with Crippen molar-refractivity contribution in [1.29, 1.82) is 0 Å². The fourth-order valence-electron chi connectivity index (χ4n) is 1.68.